The minimum atomic E-state index is -0.570. The number of carbonyl (C=O) groups is 6. The van der Waals surface area contributed by atoms with Crippen LogP contribution < -0.4 is 21.3 Å². The molecule has 188 valence electrons. The van der Waals surface area contributed by atoms with Crippen molar-refractivity contribution >= 4 is 35.4 Å². The van der Waals surface area contributed by atoms with Crippen LogP contribution in [0, 0.1) is 0 Å². The van der Waals surface area contributed by atoms with Crippen molar-refractivity contribution in [1.82, 2.24) is 36.0 Å². The Morgan fingerprint density at radius 3 is 1.27 bits per heavy atom. The molecule has 0 saturated heterocycles. The van der Waals surface area contributed by atoms with Crippen LogP contribution in [0.5, 0.6) is 0 Å². The van der Waals surface area contributed by atoms with Crippen molar-refractivity contribution in [3.05, 3.63) is 0 Å². The van der Waals surface area contributed by atoms with Crippen LogP contribution in [0.2, 0.25) is 0 Å². The van der Waals surface area contributed by atoms with Crippen LogP contribution in [0.4, 0.5) is 0 Å². The molecule has 0 spiro atoms. The van der Waals surface area contributed by atoms with E-state index in [1.165, 1.54) is 30.9 Å². The van der Waals surface area contributed by atoms with Crippen LogP contribution in [0.25, 0.3) is 0 Å². The maximum Gasteiger partial charge on any atom is 0.242 e. The molecule has 0 aliphatic heterocycles. The van der Waals surface area contributed by atoms with Crippen LogP contribution >= 0.6 is 0 Å². The molecule has 0 aliphatic carbocycles. The van der Waals surface area contributed by atoms with Gasteiger partial charge in [-0.2, -0.15) is 0 Å². The van der Waals surface area contributed by atoms with E-state index < -0.39 is 23.6 Å². The third-order valence-corrected chi connectivity index (χ3v) is 4.33. The number of nitrogens with one attached hydrogen (secondary N) is 4. The van der Waals surface area contributed by atoms with Gasteiger partial charge in [0.1, 0.15) is 0 Å². The molecule has 0 fully saturated rings. The van der Waals surface area contributed by atoms with Gasteiger partial charge in [0, 0.05) is 33.7 Å². The first kappa shape index (κ1) is 29.8. The first-order chi connectivity index (χ1) is 15.4. The molecule has 0 bridgehead atoms. The topological polar surface area (TPSA) is 160 Å². The number of nitrogens with zero attached hydrogens (tertiary/aromatic N) is 3. The van der Waals surface area contributed by atoms with Gasteiger partial charge in [0.05, 0.1) is 39.3 Å². The fraction of sp³-hybridized carbons (Fsp3) is 0.700. The van der Waals surface area contributed by atoms with E-state index in [2.05, 4.69) is 21.3 Å². The van der Waals surface area contributed by atoms with Crippen molar-refractivity contribution in [2.24, 2.45) is 0 Å². The quantitative estimate of drug-likeness (QED) is 0.207. The highest BCUT2D eigenvalue weighted by molar-refractivity contribution is 5.91. The summed E-state index contributed by atoms with van der Waals surface area (Å²) in [5.74, 6) is -2.63. The Bertz CT molecular complexity index is 713. The van der Waals surface area contributed by atoms with Crippen molar-refractivity contribution in [1.29, 1.82) is 0 Å². The second kappa shape index (κ2) is 15.6. The van der Waals surface area contributed by atoms with Gasteiger partial charge < -0.3 is 36.0 Å². The number of rotatable bonds is 14. The third kappa shape index (κ3) is 13.7. The van der Waals surface area contributed by atoms with Crippen LogP contribution in [0.3, 0.4) is 0 Å². The highest BCUT2D eigenvalue weighted by Crippen LogP contribution is 1.89. The summed E-state index contributed by atoms with van der Waals surface area (Å²) in [5, 5.41) is 10.3. The molecule has 0 aromatic heterocycles. The molecular weight excluding hydrogens is 434 g/mol. The lowest BCUT2D eigenvalue weighted by Crippen LogP contribution is -2.47. The van der Waals surface area contributed by atoms with E-state index in [0.29, 0.717) is 6.54 Å². The van der Waals surface area contributed by atoms with Crippen LogP contribution in [-0.2, 0) is 28.8 Å². The Morgan fingerprint density at radius 2 is 0.939 bits per heavy atom. The number of hydrogen-bond acceptors (Lipinski definition) is 7. The van der Waals surface area contributed by atoms with Gasteiger partial charge in [-0.1, -0.05) is 13.8 Å². The smallest absolute Gasteiger partial charge is 0.242 e. The molecule has 0 atom stereocenters. The minimum absolute atomic E-state index is 0.0997. The van der Waals surface area contributed by atoms with Crippen molar-refractivity contribution in [3.8, 4) is 0 Å². The first-order valence-electron chi connectivity index (χ1n) is 10.6. The molecule has 0 aromatic carbocycles. The second-order valence-electron chi connectivity index (χ2n) is 7.79. The van der Waals surface area contributed by atoms with Gasteiger partial charge in [0.25, 0.3) is 0 Å². The molecule has 0 radical (unpaired) electrons. The average Bonchev–Trinajstić information content (AvgIpc) is 2.73. The molecule has 0 unspecified atom stereocenters. The molecular formula is C20H37N7O6. The normalized spacial score (nSPS) is 10.3. The minimum Gasteiger partial charge on any atom is -0.355 e. The van der Waals surface area contributed by atoms with Gasteiger partial charge in [-0.3, -0.25) is 28.8 Å². The Balaban J connectivity index is 4.28. The van der Waals surface area contributed by atoms with Crippen LogP contribution in [-0.4, -0.2) is 123 Å². The molecule has 0 saturated carbocycles. The van der Waals surface area contributed by atoms with E-state index in [0.717, 1.165) is 4.90 Å². The molecule has 13 nitrogen and oxygen atoms in total. The highest BCUT2D eigenvalue weighted by atomic mass is 16.2. The standard InChI is InChI=1S/C20H37N7O6/c1-7-21-15(28)11-25(4)19(32)9-23-17(30)13-27(6)20(33)10-24-16(29)12-26(5)18(31)8-22-14(2)3/h14,22H,7-13H2,1-6H3,(H,21,28)(H,23,30)(H,24,29). The average molecular weight is 472 g/mol. The Labute approximate surface area is 194 Å². The van der Waals surface area contributed by atoms with Crippen molar-refractivity contribution in [2.45, 2.75) is 26.8 Å². The van der Waals surface area contributed by atoms with E-state index in [4.69, 9.17) is 0 Å². The lowest BCUT2D eigenvalue weighted by Gasteiger charge is -2.20. The Morgan fingerprint density at radius 1 is 0.606 bits per heavy atom. The van der Waals surface area contributed by atoms with E-state index in [1.807, 2.05) is 13.8 Å². The number of carbonyl (C=O) groups excluding carboxylic acids is 6. The fourth-order valence-corrected chi connectivity index (χ4v) is 2.32. The first-order valence-corrected chi connectivity index (χ1v) is 10.6. The monoisotopic (exact) mass is 471 g/mol. The van der Waals surface area contributed by atoms with Crippen molar-refractivity contribution in [3.63, 3.8) is 0 Å². The van der Waals surface area contributed by atoms with Crippen LogP contribution in [0.15, 0.2) is 0 Å². The summed E-state index contributed by atoms with van der Waals surface area (Å²) in [7, 11) is 4.30. The fourth-order valence-electron chi connectivity index (χ4n) is 2.32. The zero-order valence-corrected chi connectivity index (χ0v) is 20.3. The largest absolute Gasteiger partial charge is 0.355 e. The van der Waals surface area contributed by atoms with Gasteiger partial charge in [0.15, 0.2) is 0 Å². The SMILES string of the molecule is CCNC(=O)CN(C)C(=O)CNC(=O)CN(C)C(=O)CNC(=O)CN(C)C(=O)CNC(C)C. The number of likely N-dealkylation sites (N-methyl/N-ethyl adjacent to an activating group) is 4. The maximum absolute atomic E-state index is 12.1. The molecule has 0 aliphatic rings. The summed E-state index contributed by atoms with van der Waals surface area (Å²) in [5.41, 5.74) is 0. The van der Waals surface area contributed by atoms with Crippen molar-refractivity contribution in [2.75, 3.05) is 67.0 Å². The molecule has 0 heterocycles. The molecule has 13 heteroatoms. The zero-order valence-electron chi connectivity index (χ0n) is 20.3. The Hall–Kier alpha value is -3.22. The summed E-state index contributed by atoms with van der Waals surface area (Å²) >= 11 is 0. The molecule has 0 rings (SSSR count). The summed E-state index contributed by atoms with van der Waals surface area (Å²) in [6.07, 6.45) is 0. The third-order valence-electron chi connectivity index (χ3n) is 4.33. The molecule has 0 aromatic rings. The van der Waals surface area contributed by atoms with Gasteiger partial charge in [-0.05, 0) is 6.92 Å². The lowest BCUT2D eigenvalue weighted by atomic mass is 10.3. The maximum atomic E-state index is 12.1. The number of hydrogen-bond donors (Lipinski definition) is 4. The molecule has 4 N–H and O–H groups in total. The van der Waals surface area contributed by atoms with Gasteiger partial charge in [0.2, 0.25) is 35.4 Å². The molecule has 33 heavy (non-hydrogen) atoms. The van der Waals surface area contributed by atoms with E-state index in [-0.39, 0.29) is 57.1 Å². The summed E-state index contributed by atoms with van der Waals surface area (Å²) in [6, 6.07) is 0.132. The number of amides is 6. The van der Waals surface area contributed by atoms with Gasteiger partial charge in [-0.25, -0.2) is 0 Å². The van der Waals surface area contributed by atoms with E-state index in [9.17, 15) is 28.8 Å². The Kier molecular flexibility index (Phi) is 14.0. The van der Waals surface area contributed by atoms with Gasteiger partial charge in [-0.15, -0.1) is 0 Å². The predicted molar refractivity (Wildman–Crippen MR) is 121 cm³/mol. The highest BCUT2D eigenvalue weighted by Gasteiger charge is 2.18. The molecule has 6 amide bonds. The van der Waals surface area contributed by atoms with E-state index in [1.54, 1.807) is 6.92 Å². The van der Waals surface area contributed by atoms with Crippen LogP contribution in [0.1, 0.15) is 20.8 Å². The van der Waals surface area contributed by atoms with Gasteiger partial charge >= 0.3 is 0 Å². The second-order valence-corrected chi connectivity index (χ2v) is 7.79. The van der Waals surface area contributed by atoms with E-state index >= 15 is 0 Å². The lowest BCUT2D eigenvalue weighted by molar-refractivity contribution is -0.137. The summed E-state index contributed by atoms with van der Waals surface area (Å²) in [4.78, 5) is 74.9. The van der Waals surface area contributed by atoms with Crippen molar-refractivity contribution < 1.29 is 28.8 Å². The zero-order chi connectivity index (χ0) is 25.6. The summed E-state index contributed by atoms with van der Waals surface area (Å²) in [6.45, 7) is 4.78. The predicted octanol–water partition coefficient (Wildman–Crippen LogP) is -3.27. The summed E-state index contributed by atoms with van der Waals surface area (Å²) < 4.78 is 0.